The van der Waals surface area contributed by atoms with Crippen LogP contribution in [-0.4, -0.2) is 0 Å². The largest absolute Gasteiger partial charge is 0.309 e. The van der Waals surface area contributed by atoms with Gasteiger partial charge in [-0.3, -0.25) is 0 Å². The molecule has 0 saturated heterocycles. The van der Waals surface area contributed by atoms with Gasteiger partial charge >= 0.3 is 0 Å². The van der Waals surface area contributed by atoms with Crippen LogP contribution in [-0.2, 0) is 5.41 Å². The quantitative estimate of drug-likeness (QED) is 0.170. The Morgan fingerprint density at radius 2 is 0.845 bits per heavy atom. The number of hydrogen-bond donors (Lipinski definition) is 0. The van der Waals surface area contributed by atoms with Crippen molar-refractivity contribution in [1.29, 1.82) is 0 Å². The third-order valence-corrected chi connectivity index (χ3v) is 12.6. The second-order valence-electron chi connectivity index (χ2n) is 15.5. The maximum absolute atomic E-state index is 2.56. The first-order chi connectivity index (χ1) is 28.8. The van der Waals surface area contributed by atoms with Gasteiger partial charge in [-0.1, -0.05) is 200 Å². The van der Waals surface area contributed by atoms with Gasteiger partial charge in [-0.2, -0.15) is 0 Å². The summed E-state index contributed by atoms with van der Waals surface area (Å²) in [5.74, 6) is 0. The summed E-state index contributed by atoms with van der Waals surface area (Å²) in [5, 5.41) is 5.02. The molecular weight excluding hydrogens is 699 g/mol. The molecule has 0 atom stereocenters. The summed E-state index contributed by atoms with van der Waals surface area (Å²) in [7, 11) is 0. The topological polar surface area (TPSA) is 3.24 Å². The Bertz CT molecular complexity index is 3170. The highest BCUT2D eigenvalue weighted by atomic mass is 15.1. The molecule has 10 aromatic carbocycles. The fourth-order valence-corrected chi connectivity index (χ4v) is 10.3. The van der Waals surface area contributed by atoms with Crippen molar-refractivity contribution >= 4 is 38.6 Å². The van der Waals surface area contributed by atoms with E-state index < -0.39 is 5.41 Å². The monoisotopic (exact) mass is 735 g/mol. The lowest BCUT2D eigenvalue weighted by atomic mass is 9.70. The standard InChI is InChI=1S/C57H37N/c1-4-18-38(19-5-1)41-32-34-43(39-20-6-2-7-21-39)53(36-41)58(42-23-8-3-9-24-42)54-37-52-56(48-29-13-12-28-47(48)54)55-44-25-11-10-22-40(44)33-35-51(55)57(52)49-30-16-14-26-45(49)46-27-15-17-31-50(46)57/h1-37H. The molecule has 0 aliphatic heterocycles. The van der Waals surface area contributed by atoms with E-state index in [0.29, 0.717) is 0 Å². The molecule has 0 aromatic heterocycles. The molecule has 2 aliphatic rings. The predicted octanol–water partition coefficient (Wildman–Crippen LogP) is 15.1. The molecule has 270 valence electrons. The summed E-state index contributed by atoms with van der Waals surface area (Å²) in [4.78, 5) is 2.53. The molecule has 0 fully saturated rings. The molecule has 0 heterocycles. The summed E-state index contributed by atoms with van der Waals surface area (Å²) >= 11 is 0. The van der Waals surface area contributed by atoms with Crippen molar-refractivity contribution in [1.82, 2.24) is 0 Å². The highest BCUT2D eigenvalue weighted by molar-refractivity contribution is 6.17. The van der Waals surface area contributed by atoms with E-state index in [0.717, 1.165) is 17.1 Å². The van der Waals surface area contributed by atoms with Gasteiger partial charge in [0, 0.05) is 16.6 Å². The van der Waals surface area contributed by atoms with Crippen molar-refractivity contribution < 1.29 is 0 Å². The van der Waals surface area contributed by atoms with Gasteiger partial charge in [-0.15, -0.1) is 0 Å². The second-order valence-corrected chi connectivity index (χ2v) is 15.5. The second kappa shape index (κ2) is 12.8. The number of rotatable bonds is 5. The van der Waals surface area contributed by atoms with Crippen molar-refractivity contribution in [3.05, 3.63) is 247 Å². The van der Waals surface area contributed by atoms with E-state index in [-0.39, 0.29) is 0 Å². The lowest BCUT2D eigenvalue weighted by Crippen LogP contribution is -2.26. The molecule has 1 heteroatoms. The Morgan fingerprint density at radius 3 is 1.55 bits per heavy atom. The maximum Gasteiger partial charge on any atom is 0.0726 e. The van der Waals surface area contributed by atoms with Gasteiger partial charge in [-0.25, -0.2) is 0 Å². The molecular formula is C57H37N. The third kappa shape index (κ3) is 4.59. The van der Waals surface area contributed by atoms with Crippen molar-refractivity contribution in [3.8, 4) is 44.5 Å². The molecule has 12 rings (SSSR count). The van der Waals surface area contributed by atoms with Crippen LogP contribution in [0.3, 0.4) is 0 Å². The first-order valence-corrected chi connectivity index (χ1v) is 20.2. The minimum atomic E-state index is -0.517. The highest BCUT2D eigenvalue weighted by Gasteiger charge is 2.52. The van der Waals surface area contributed by atoms with Gasteiger partial charge in [0.25, 0.3) is 0 Å². The molecule has 1 spiro atoms. The van der Waals surface area contributed by atoms with Crippen molar-refractivity contribution in [3.63, 3.8) is 0 Å². The van der Waals surface area contributed by atoms with Gasteiger partial charge in [0.1, 0.15) is 0 Å². The fraction of sp³-hybridized carbons (Fsp3) is 0.0175. The molecule has 0 bridgehead atoms. The van der Waals surface area contributed by atoms with Crippen LogP contribution in [0, 0.1) is 0 Å². The molecule has 1 nitrogen and oxygen atoms in total. The van der Waals surface area contributed by atoms with E-state index in [2.05, 4.69) is 229 Å². The first-order valence-electron chi connectivity index (χ1n) is 20.2. The van der Waals surface area contributed by atoms with E-state index in [9.17, 15) is 0 Å². The van der Waals surface area contributed by atoms with Crippen LogP contribution in [0.4, 0.5) is 17.1 Å². The van der Waals surface area contributed by atoms with Crippen LogP contribution in [0.1, 0.15) is 22.3 Å². The molecule has 0 unspecified atom stereocenters. The summed E-state index contributed by atoms with van der Waals surface area (Å²) < 4.78 is 0. The SMILES string of the molecule is c1ccc(-c2ccc(-c3ccccc3)c(N(c3ccccc3)c3cc4c(c5ccccc35)-c3c(ccc5ccccc35)C43c4ccccc4-c4ccccc43)c2)cc1. The number of fused-ring (bicyclic) bond motifs is 14. The van der Waals surface area contributed by atoms with E-state index in [1.54, 1.807) is 0 Å². The van der Waals surface area contributed by atoms with Crippen LogP contribution in [0.5, 0.6) is 0 Å². The van der Waals surface area contributed by atoms with E-state index >= 15 is 0 Å². The minimum absolute atomic E-state index is 0.517. The Hall–Kier alpha value is -7.48. The lowest BCUT2D eigenvalue weighted by Gasteiger charge is -2.34. The van der Waals surface area contributed by atoms with Gasteiger partial charge in [0.15, 0.2) is 0 Å². The zero-order valence-electron chi connectivity index (χ0n) is 31.8. The number of nitrogens with zero attached hydrogens (tertiary/aromatic N) is 1. The smallest absolute Gasteiger partial charge is 0.0726 e. The summed E-state index contributed by atoms with van der Waals surface area (Å²) in [6.45, 7) is 0. The van der Waals surface area contributed by atoms with Crippen LogP contribution in [0.25, 0.3) is 66.1 Å². The molecule has 0 radical (unpaired) electrons. The van der Waals surface area contributed by atoms with Gasteiger partial charge < -0.3 is 4.90 Å². The zero-order valence-corrected chi connectivity index (χ0v) is 31.8. The minimum Gasteiger partial charge on any atom is -0.309 e. The molecule has 10 aromatic rings. The molecule has 58 heavy (non-hydrogen) atoms. The number of para-hydroxylation sites is 1. The summed E-state index contributed by atoms with van der Waals surface area (Å²) in [5.41, 5.74) is 18.2. The Morgan fingerprint density at radius 1 is 0.293 bits per heavy atom. The average Bonchev–Trinajstić information content (AvgIpc) is 3.78. The number of benzene rings is 10. The van der Waals surface area contributed by atoms with Crippen LogP contribution < -0.4 is 4.90 Å². The van der Waals surface area contributed by atoms with E-state index in [4.69, 9.17) is 0 Å². The van der Waals surface area contributed by atoms with Crippen LogP contribution in [0.15, 0.2) is 224 Å². The molecule has 0 amide bonds. The molecule has 0 N–H and O–H groups in total. The predicted molar refractivity (Wildman–Crippen MR) is 243 cm³/mol. The Labute approximate surface area is 338 Å². The van der Waals surface area contributed by atoms with Gasteiger partial charge in [0.2, 0.25) is 0 Å². The maximum atomic E-state index is 2.56. The highest BCUT2D eigenvalue weighted by Crippen LogP contribution is 2.66. The van der Waals surface area contributed by atoms with Crippen LogP contribution >= 0.6 is 0 Å². The third-order valence-electron chi connectivity index (χ3n) is 12.6. The fourth-order valence-electron chi connectivity index (χ4n) is 10.3. The van der Waals surface area contributed by atoms with E-state index in [1.165, 1.54) is 88.3 Å². The first kappa shape index (κ1) is 32.7. The van der Waals surface area contributed by atoms with Crippen LogP contribution in [0.2, 0.25) is 0 Å². The van der Waals surface area contributed by atoms with Crippen molar-refractivity contribution in [2.45, 2.75) is 5.41 Å². The molecule has 0 saturated carbocycles. The van der Waals surface area contributed by atoms with Gasteiger partial charge in [0.05, 0.1) is 16.8 Å². The lowest BCUT2D eigenvalue weighted by molar-refractivity contribution is 0.795. The summed E-state index contributed by atoms with van der Waals surface area (Å²) in [6.07, 6.45) is 0. The Kier molecular flexibility index (Phi) is 7.21. The summed E-state index contributed by atoms with van der Waals surface area (Å²) in [6, 6.07) is 83.1. The normalized spacial score (nSPS) is 13.0. The number of anilines is 3. The average molecular weight is 736 g/mol. The van der Waals surface area contributed by atoms with E-state index in [1.807, 2.05) is 0 Å². The molecule has 2 aliphatic carbocycles. The zero-order chi connectivity index (χ0) is 38.2. The van der Waals surface area contributed by atoms with Crippen molar-refractivity contribution in [2.75, 3.05) is 4.90 Å². The number of hydrogen-bond acceptors (Lipinski definition) is 1. The Balaban J connectivity index is 1.25. The van der Waals surface area contributed by atoms with Gasteiger partial charge in [-0.05, 0) is 102 Å². The van der Waals surface area contributed by atoms with Crippen molar-refractivity contribution in [2.24, 2.45) is 0 Å².